The monoisotopic (exact) mass is 170 g/mol. The van der Waals surface area contributed by atoms with Crippen LogP contribution in [0.25, 0.3) is 0 Å². The molecule has 1 fully saturated rings. The van der Waals surface area contributed by atoms with Crippen molar-refractivity contribution in [1.82, 2.24) is 10.2 Å². The first-order valence-electron chi connectivity index (χ1n) is 5.20. The van der Waals surface area contributed by atoms with Crippen LogP contribution in [-0.4, -0.2) is 37.6 Å². The average Bonchev–Trinajstić information content (AvgIpc) is 2.03. The van der Waals surface area contributed by atoms with Gasteiger partial charge in [-0.05, 0) is 45.4 Å². The van der Waals surface area contributed by atoms with E-state index in [9.17, 15) is 0 Å². The molecule has 0 spiro atoms. The van der Waals surface area contributed by atoms with Gasteiger partial charge in [0.15, 0.2) is 0 Å². The summed E-state index contributed by atoms with van der Waals surface area (Å²) in [4.78, 5) is 2.48. The highest BCUT2D eigenvalue weighted by Crippen LogP contribution is 2.30. The van der Waals surface area contributed by atoms with Gasteiger partial charge in [0.25, 0.3) is 0 Å². The molecular weight excluding hydrogens is 148 g/mol. The molecule has 0 radical (unpaired) electrons. The van der Waals surface area contributed by atoms with Crippen LogP contribution in [0, 0.1) is 5.92 Å². The van der Waals surface area contributed by atoms with E-state index >= 15 is 0 Å². The lowest BCUT2D eigenvalue weighted by molar-refractivity contribution is 0.0888. The molecule has 1 N–H and O–H groups in total. The van der Waals surface area contributed by atoms with Crippen molar-refractivity contribution in [2.75, 3.05) is 26.7 Å². The van der Waals surface area contributed by atoms with Crippen LogP contribution in [0.2, 0.25) is 0 Å². The summed E-state index contributed by atoms with van der Waals surface area (Å²) in [5.74, 6) is 0.912. The molecular formula is C10H22N2. The first-order chi connectivity index (χ1) is 5.79. The first-order valence-corrected chi connectivity index (χ1v) is 5.20. The van der Waals surface area contributed by atoms with Crippen molar-refractivity contribution in [2.45, 2.75) is 32.7 Å². The van der Waals surface area contributed by atoms with E-state index in [2.05, 4.69) is 31.1 Å². The van der Waals surface area contributed by atoms with Gasteiger partial charge >= 0.3 is 0 Å². The summed E-state index contributed by atoms with van der Waals surface area (Å²) in [6.45, 7) is 7.93. The van der Waals surface area contributed by atoms with Crippen molar-refractivity contribution >= 4 is 0 Å². The summed E-state index contributed by atoms with van der Waals surface area (Å²) >= 11 is 0. The van der Waals surface area contributed by atoms with E-state index in [0.717, 1.165) is 18.5 Å². The van der Waals surface area contributed by atoms with Crippen molar-refractivity contribution in [3.63, 3.8) is 0 Å². The first kappa shape index (κ1) is 10.0. The van der Waals surface area contributed by atoms with E-state index in [1.807, 2.05) is 0 Å². The van der Waals surface area contributed by atoms with Gasteiger partial charge in [-0.1, -0.05) is 13.8 Å². The van der Waals surface area contributed by atoms with Gasteiger partial charge in [0.2, 0.25) is 0 Å². The average molecular weight is 170 g/mol. The van der Waals surface area contributed by atoms with Crippen LogP contribution >= 0.6 is 0 Å². The van der Waals surface area contributed by atoms with Crippen LogP contribution < -0.4 is 5.32 Å². The summed E-state index contributed by atoms with van der Waals surface area (Å²) < 4.78 is 0. The highest BCUT2D eigenvalue weighted by atomic mass is 15.1. The van der Waals surface area contributed by atoms with E-state index in [0.29, 0.717) is 0 Å². The molecule has 2 unspecified atom stereocenters. The third-order valence-electron chi connectivity index (χ3n) is 3.10. The Bertz CT molecular complexity index is 125. The molecule has 0 saturated heterocycles. The van der Waals surface area contributed by atoms with E-state index in [-0.39, 0.29) is 0 Å². The number of hydrogen-bond acceptors (Lipinski definition) is 2. The van der Waals surface area contributed by atoms with Crippen molar-refractivity contribution in [2.24, 2.45) is 5.92 Å². The molecule has 1 aliphatic carbocycles. The molecule has 0 bridgehead atoms. The number of rotatable bonds is 5. The molecule has 72 valence electrons. The van der Waals surface area contributed by atoms with Gasteiger partial charge in [0.05, 0.1) is 0 Å². The minimum absolute atomic E-state index is 0.856. The third kappa shape index (κ3) is 2.20. The Labute approximate surface area is 76.3 Å². The molecule has 1 aliphatic rings. The van der Waals surface area contributed by atoms with Gasteiger partial charge in [0.1, 0.15) is 0 Å². The predicted octanol–water partition coefficient (Wildman–Crippen LogP) is 1.33. The Morgan fingerprint density at radius 3 is 2.50 bits per heavy atom. The second-order valence-corrected chi connectivity index (χ2v) is 3.79. The van der Waals surface area contributed by atoms with Crippen LogP contribution in [0.15, 0.2) is 0 Å². The quantitative estimate of drug-likeness (QED) is 0.669. The fraction of sp³-hybridized carbons (Fsp3) is 1.00. The fourth-order valence-corrected chi connectivity index (χ4v) is 1.93. The molecule has 0 aliphatic heterocycles. The zero-order valence-corrected chi connectivity index (χ0v) is 8.64. The Morgan fingerprint density at radius 2 is 2.08 bits per heavy atom. The number of nitrogens with zero attached hydrogens (tertiary/aromatic N) is 1. The summed E-state index contributed by atoms with van der Waals surface area (Å²) in [6.07, 6.45) is 2.82. The molecule has 1 saturated carbocycles. The highest BCUT2D eigenvalue weighted by molar-refractivity contribution is 4.88. The zero-order chi connectivity index (χ0) is 8.97. The summed E-state index contributed by atoms with van der Waals surface area (Å²) in [5, 5.41) is 3.43. The van der Waals surface area contributed by atoms with Crippen molar-refractivity contribution < 1.29 is 0 Å². The third-order valence-corrected chi connectivity index (χ3v) is 3.10. The van der Waals surface area contributed by atoms with Gasteiger partial charge in [-0.3, -0.25) is 0 Å². The molecule has 0 aromatic heterocycles. The van der Waals surface area contributed by atoms with Gasteiger partial charge in [-0.15, -0.1) is 0 Å². The normalized spacial score (nSPS) is 29.0. The topological polar surface area (TPSA) is 15.3 Å². The van der Waals surface area contributed by atoms with E-state index < -0.39 is 0 Å². The van der Waals surface area contributed by atoms with Gasteiger partial charge < -0.3 is 10.2 Å². The van der Waals surface area contributed by atoms with E-state index in [1.54, 1.807) is 0 Å². The summed E-state index contributed by atoms with van der Waals surface area (Å²) in [6, 6.07) is 0.856. The largest absolute Gasteiger partial charge is 0.317 e. The molecule has 0 amide bonds. The maximum atomic E-state index is 3.43. The Balaban J connectivity index is 2.19. The summed E-state index contributed by atoms with van der Waals surface area (Å²) in [5.41, 5.74) is 0. The van der Waals surface area contributed by atoms with Crippen molar-refractivity contribution in [3.8, 4) is 0 Å². The van der Waals surface area contributed by atoms with Gasteiger partial charge in [0, 0.05) is 6.04 Å². The molecule has 12 heavy (non-hydrogen) atoms. The zero-order valence-electron chi connectivity index (χ0n) is 8.64. The Morgan fingerprint density at radius 1 is 1.33 bits per heavy atom. The molecule has 2 heteroatoms. The molecule has 0 aromatic rings. The second kappa shape index (κ2) is 4.83. The maximum absolute atomic E-state index is 3.43. The van der Waals surface area contributed by atoms with Crippen LogP contribution in [0.3, 0.4) is 0 Å². The number of nitrogens with one attached hydrogen (secondary N) is 1. The van der Waals surface area contributed by atoms with Crippen molar-refractivity contribution in [1.29, 1.82) is 0 Å². The van der Waals surface area contributed by atoms with E-state index in [4.69, 9.17) is 0 Å². The molecule has 2 atom stereocenters. The predicted molar refractivity (Wildman–Crippen MR) is 53.4 cm³/mol. The lowest BCUT2D eigenvalue weighted by atomic mass is 9.78. The fourth-order valence-electron chi connectivity index (χ4n) is 1.93. The minimum atomic E-state index is 0.856. The lowest BCUT2D eigenvalue weighted by Gasteiger charge is -2.42. The Kier molecular flexibility index (Phi) is 4.02. The van der Waals surface area contributed by atoms with Crippen LogP contribution in [0.1, 0.15) is 26.7 Å². The minimum Gasteiger partial charge on any atom is -0.317 e. The van der Waals surface area contributed by atoms with Crippen molar-refractivity contribution in [3.05, 3.63) is 0 Å². The van der Waals surface area contributed by atoms with E-state index in [1.165, 1.54) is 25.9 Å². The molecule has 0 heterocycles. The second-order valence-electron chi connectivity index (χ2n) is 3.79. The molecule has 2 nitrogen and oxygen atoms in total. The van der Waals surface area contributed by atoms with Gasteiger partial charge in [-0.25, -0.2) is 0 Å². The maximum Gasteiger partial charge on any atom is 0.0133 e. The van der Waals surface area contributed by atoms with Crippen LogP contribution in [0.4, 0.5) is 0 Å². The highest BCUT2D eigenvalue weighted by Gasteiger charge is 2.32. The van der Waals surface area contributed by atoms with Crippen LogP contribution in [0.5, 0.6) is 0 Å². The molecule has 0 aromatic carbocycles. The van der Waals surface area contributed by atoms with Gasteiger partial charge in [-0.2, -0.15) is 0 Å². The SMILES string of the molecule is CCNCC1CCC1N(C)CC. The smallest absolute Gasteiger partial charge is 0.0133 e. The van der Waals surface area contributed by atoms with Crippen LogP contribution in [-0.2, 0) is 0 Å². The summed E-state index contributed by atoms with van der Waals surface area (Å²) in [7, 11) is 2.24. The standard InChI is InChI=1S/C10H22N2/c1-4-11-8-9-6-7-10(9)12(3)5-2/h9-11H,4-8H2,1-3H3. The lowest BCUT2D eigenvalue weighted by Crippen LogP contribution is -2.48. The molecule has 1 rings (SSSR count). The Hall–Kier alpha value is -0.0800. The number of hydrogen-bond donors (Lipinski definition) is 1.